The topological polar surface area (TPSA) is 53.3 Å². The van der Waals surface area contributed by atoms with Gasteiger partial charge in [0.25, 0.3) is 0 Å². The van der Waals surface area contributed by atoms with E-state index >= 15 is 0 Å². The fourth-order valence-corrected chi connectivity index (χ4v) is 2.58. The molecule has 1 saturated heterocycles. The van der Waals surface area contributed by atoms with E-state index in [4.69, 9.17) is 10.00 Å². The summed E-state index contributed by atoms with van der Waals surface area (Å²) in [5.74, 6) is 1.85. The van der Waals surface area contributed by atoms with E-state index in [1.54, 1.807) is 25.3 Å². The number of amides is 1. The second-order valence-corrected chi connectivity index (χ2v) is 5.62. The first-order valence-corrected chi connectivity index (χ1v) is 6.90. The highest BCUT2D eigenvalue weighted by molar-refractivity contribution is 5.78. The van der Waals surface area contributed by atoms with Crippen LogP contribution in [0, 0.1) is 23.2 Å². The van der Waals surface area contributed by atoms with Gasteiger partial charge in [-0.1, -0.05) is 13.8 Å². The molecule has 1 fully saturated rings. The third kappa shape index (κ3) is 2.93. The summed E-state index contributed by atoms with van der Waals surface area (Å²) < 4.78 is 5.32. The number of ether oxygens (including phenoxy) is 1. The van der Waals surface area contributed by atoms with Crippen LogP contribution < -0.4 is 4.74 Å². The highest BCUT2D eigenvalue weighted by atomic mass is 16.5. The van der Waals surface area contributed by atoms with Gasteiger partial charge in [-0.05, 0) is 30.0 Å². The summed E-state index contributed by atoms with van der Waals surface area (Å²) in [7, 11) is 1.60. The maximum Gasteiger partial charge on any atom is 0.223 e. The van der Waals surface area contributed by atoms with E-state index < -0.39 is 0 Å². The molecule has 0 bridgehead atoms. The molecule has 0 aromatic heterocycles. The van der Waals surface area contributed by atoms with Crippen molar-refractivity contribution >= 4 is 5.91 Å². The number of likely N-dealkylation sites (tertiary alicyclic amines) is 1. The number of hydrogen-bond acceptors (Lipinski definition) is 3. The minimum absolute atomic E-state index is 0.188. The van der Waals surface area contributed by atoms with E-state index in [0.717, 1.165) is 17.9 Å². The number of benzene rings is 1. The smallest absolute Gasteiger partial charge is 0.223 e. The van der Waals surface area contributed by atoms with Crippen molar-refractivity contribution < 1.29 is 9.53 Å². The number of rotatable bonds is 4. The molecule has 2 rings (SSSR count). The van der Waals surface area contributed by atoms with Gasteiger partial charge in [0.2, 0.25) is 5.91 Å². The molecular formula is C16H20N2O2. The summed E-state index contributed by atoms with van der Waals surface area (Å²) in [6, 6.07) is 7.44. The number of nitrogens with zero attached hydrogens (tertiary/aromatic N) is 2. The summed E-state index contributed by atoms with van der Waals surface area (Å²) in [5.41, 5.74) is 1.48. The van der Waals surface area contributed by atoms with Crippen molar-refractivity contribution in [2.24, 2.45) is 11.8 Å². The zero-order valence-electron chi connectivity index (χ0n) is 12.2. The molecule has 1 atom stereocenters. The summed E-state index contributed by atoms with van der Waals surface area (Å²) >= 11 is 0. The van der Waals surface area contributed by atoms with Gasteiger partial charge in [-0.3, -0.25) is 4.79 Å². The Morgan fingerprint density at radius 2 is 2.25 bits per heavy atom. The molecule has 4 heteroatoms. The summed E-state index contributed by atoms with van der Waals surface area (Å²) in [4.78, 5) is 13.9. The highest BCUT2D eigenvalue weighted by Crippen LogP contribution is 2.28. The maximum atomic E-state index is 12.1. The maximum absolute atomic E-state index is 12.1. The van der Waals surface area contributed by atoms with Crippen LogP contribution in [0.3, 0.4) is 0 Å². The highest BCUT2D eigenvalue weighted by Gasteiger charge is 2.31. The molecule has 1 amide bonds. The van der Waals surface area contributed by atoms with Gasteiger partial charge in [0.1, 0.15) is 5.75 Å². The van der Waals surface area contributed by atoms with Gasteiger partial charge in [-0.2, -0.15) is 5.26 Å². The van der Waals surface area contributed by atoms with Crippen molar-refractivity contribution in [1.29, 1.82) is 5.26 Å². The SMILES string of the molecule is COc1ccc(C#N)cc1CN1CC(C(C)C)CC1=O. The van der Waals surface area contributed by atoms with Gasteiger partial charge >= 0.3 is 0 Å². The first kappa shape index (κ1) is 14.4. The molecule has 4 nitrogen and oxygen atoms in total. The predicted octanol–water partition coefficient (Wildman–Crippen LogP) is 2.57. The molecule has 1 aliphatic rings. The number of nitriles is 1. The van der Waals surface area contributed by atoms with Crippen molar-refractivity contribution in [3.05, 3.63) is 29.3 Å². The second kappa shape index (κ2) is 5.96. The molecule has 20 heavy (non-hydrogen) atoms. The average molecular weight is 272 g/mol. The van der Waals surface area contributed by atoms with Crippen LogP contribution in [-0.4, -0.2) is 24.5 Å². The molecule has 0 radical (unpaired) electrons. The van der Waals surface area contributed by atoms with Crippen molar-refractivity contribution in [3.8, 4) is 11.8 Å². The fourth-order valence-electron chi connectivity index (χ4n) is 2.58. The van der Waals surface area contributed by atoms with Crippen LogP contribution >= 0.6 is 0 Å². The molecule has 1 aliphatic heterocycles. The molecule has 1 heterocycles. The van der Waals surface area contributed by atoms with E-state index in [1.165, 1.54) is 0 Å². The molecule has 0 N–H and O–H groups in total. The average Bonchev–Trinajstić information content (AvgIpc) is 2.80. The lowest BCUT2D eigenvalue weighted by atomic mass is 9.95. The molecule has 0 saturated carbocycles. The zero-order chi connectivity index (χ0) is 14.7. The Kier molecular flexibility index (Phi) is 4.29. The Labute approximate surface area is 120 Å². The minimum Gasteiger partial charge on any atom is -0.496 e. The van der Waals surface area contributed by atoms with Gasteiger partial charge in [0, 0.05) is 25.1 Å². The molecule has 106 valence electrons. The summed E-state index contributed by atoms with van der Waals surface area (Å²) in [6.45, 7) is 5.61. The van der Waals surface area contributed by atoms with Crippen LogP contribution in [0.1, 0.15) is 31.4 Å². The van der Waals surface area contributed by atoms with Gasteiger partial charge in [0.05, 0.1) is 18.7 Å². The van der Waals surface area contributed by atoms with Crippen LogP contribution in [0.5, 0.6) is 5.75 Å². The van der Waals surface area contributed by atoms with Gasteiger partial charge in [-0.15, -0.1) is 0 Å². The third-order valence-electron chi connectivity index (χ3n) is 3.96. The number of carbonyl (C=O) groups excluding carboxylic acids is 1. The predicted molar refractivity (Wildman–Crippen MR) is 76.1 cm³/mol. The van der Waals surface area contributed by atoms with Crippen molar-refractivity contribution in [3.63, 3.8) is 0 Å². The summed E-state index contributed by atoms with van der Waals surface area (Å²) in [5, 5.41) is 8.98. The summed E-state index contributed by atoms with van der Waals surface area (Å²) in [6.07, 6.45) is 0.623. The monoisotopic (exact) mass is 272 g/mol. The minimum atomic E-state index is 0.188. The molecule has 1 aromatic carbocycles. The largest absolute Gasteiger partial charge is 0.496 e. The normalized spacial score (nSPS) is 18.4. The second-order valence-electron chi connectivity index (χ2n) is 5.62. The van der Waals surface area contributed by atoms with E-state index in [9.17, 15) is 4.79 Å². The van der Waals surface area contributed by atoms with Crippen molar-refractivity contribution in [2.75, 3.05) is 13.7 Å². The van der Waals surface area contributed by atoms with Crippen LogP contribution in [-0.2, 0) is 11.3 Å². The van der Waals surface area contributed by atoms with E-state index in [1.807, 2.05) is 4.90 Å². The number of carbonyl (C=O) groups is 1. The standard InChI is InChI=1S/C16H20N2O2/c1-11(2)13-7-16(19)18(9-13)10-14-6-12(8-17)4-5-15(14)20-3/h4-6,11,13H,7,9-10H2,1-3H3. The number of methoxy groups -OCH3 is 1. The van der Waals surface area contributed by atoms with Crippen LogP contribution in [0.2, 0.25) is 0 Å². The van der Waals surface area contributed by atoms with Gasteiger partial charge < -0.3 is 9.64 Å². The van der Waals surface area contributed by atoms with Gasteiger partial charge in [-0.25, -0.2) is 0 Å². The van der Waals surface area contributed by atoms with Gasteiger partial charge in [0.15, 0.2) is 0 Å². The first-order chi connectivity index (χ1) is 9.55. The molecular weight excluding hydrogens is 252 g/mol. The quantitative estimate of drug-likeness (QED) is 0.846. The van der Waals surface area contributed by atoms with Crippen LogP contribution in [0.15, 0.2) is 18.2 Å². The zero-order valence-corrected chi connectivity index (χ0v) is 12.2. The molecule has 0 spiro atoms. The van der Waals surface area contributed by atoms with E-state index in [-0.39, 0.29) is 5.91 Å². The Bertz CT molecular complexity index is 546. The lowest BCUT2D eigenvalue weighted by Gasteiger charge is -2.19. The van der Waals surface area contributed by atoms with Crippen LogP contribution in [0.4, 0.5) is 0 Å². The first-order valence-electron chi connectivity index (χ1n) is 6.90. The third-order valence-corrected chi connectivity index (χ3v) is 3.96. The Balaban J connectivity index is 2.18. The van der Waals surface area contributed by atoms with Crippen molar-refractivity contribution in [1.82, 2.24) is 4.90 Å². The lowest BCUT2D eigenvalue weighted by Crippen LogP contribution is -2.25. The lowest BCUT2D eigenvalue weighted by molar-refractivity contribution is -0.128. The Morgan fingerprint density at radius 1 is 1.50 bits per heavy atom. The van der Waals surface area contributed by atoms with E-state index in [0.29, 0.717) is 30.4 Å². The Morgan fingerprint density at radius 3 is 2.80 bits per heavy atom. The van der Waals surface area contributed by atoms with Crippen LogP contribution in [0.25, 0.3) is 0 Å². The molecule has 1 aromatic rings. The number of hydrogen-bond donors (Lipinski definition) is 0. The fraction of sp³-hybridized carbons (Fsp3) is 0.500. The van der Waals surface area contributed by atoms with E-state index in [2.05, 4.69) is 19.9 Å². The molecule has 0 aliphatic carbocycles. The van der Waals surface area contributed by atoms with Crippen molar-refractivity contribution in [2.45, 2.75) is 26.8 Å². The molecule has 1 unspecified atom stereocenters. The Hall–Kier alpha value is -2.02.